The fourth-order valence-electron chi connectivity index (χ4n) is 2.97. The second kappa shape index (κ2) is 7.86. The standard InChI is InChI=1S/C18H21N3O3S/c1-12(22)17-8-13(11-25-17)9-21-7-4-15(16(23)10-21)20-18(24)14-2-5-19-6-3-14/h2-3,5-6,8,11,15-16,23H,4,7,9-10H2,1H3,(H,20,24). The number of amides is 1. The van der Waals surface area contributed by atoms with Crippen LogP contribution in [0.5, 0.6) is 0 Å². The molecule has 0 aliphatic carbocycles. The van der Waals surface area contributed by atoms with Gasteiger partial charge in [0.25, 0.3) is 5.91 Å². The van der Waals surface area contributed by atoms with Crippen molar-refractivity contribution in [2.45, 2.75) is 32.0 Å². The van der Waals surface area contributed by atoms with Gasteiger partial charge in [-0.3, -0.25) is 19.5 Å². The molecule has 0 saturated carbocycles. The lowest BCUT2D eigenvalue weighted by Gasteiger charge is -2.36. The number of ketones is 1. The summed E-state index contributed by atoms with van der Waals surface area (Å²) in [6, 6.07) is 4.96. The van der Waals surface area contributed by atoms with E-state index < -0.39 is 6.10 Å². The highest BCUT2D eigenvalue weighted by Crippen LogP contribution is 2.20. The Morgan fingerprint density at radius 3 is 2.80 bits per heavy atom. The molecule has 1 amide bonds. The number of aliphatic hydroxyl groups is 1. The van der Waals surface area contributed by atoms with Crippen molar-refractivity contribution in [3.63, 3.8) is 0 Å². The van der Waals surface area contributed by atoms with Crippen molar-refractivity contribution < 1.29 is 14.7 Å². The van der Waals surface area contributed by atoms with Crippen LogP contribution in [0.3, 0.4) is 0 Å². The number of rotatable bonds is 5. The minimum Gasteiger partial charge on any atom is -0.390 e. The molecule has 6 nitrogen and oxygen atoms in total. The van der Waals surface area contributed by atoms with Crippen molar-refractivity contribution in [2.75, 3.05) is 13.1 Å². The van der Waals surface area contributed by atoms with Crippen LogP contribution in [-0.2, 0) is 6.54 Å². The number of aromatic nitrogens is 1. The number of nitrogens with one attached hydrogen (secondary N) is 1. The molecule has 0 radical (unpaired) electrons. The van der Waals surface area contributed by atoms with Gasteiger partial charge in [-0.05, 0) is 42.5 Å². The second-order valence-electron chi connectivity index (χ2n) is 6.28. The number of carbonyl (C=O) groups excluding carboxylic acids is 2. The Morgan fingerprint density at radius 2 is 2.16 bits per heavy atom. The van der Waals surface area contributed by atoms with E-state index in [1.54, 1.807) is 31.5 Å². The molecule has 2 atom stereocenters. The number of piperidine rings is 1. The van der Waals surface area contributed by atoms with Crippen LogP contribution in [0.2, 0.25) is 0 Å². The second-order valence-corrected chi connectivity index (χ2v) is 7.19. The molecule has 2 N–H and O–H groups in total. The maximum Gasteiger partial charge on any atom is 0.251 e. The molecule has 3 rings (SSSR count). The first-order valence-corrected chi connectivity index (χ1v) is 9.10. The molecule has 0 aromatic carbocycles. The highest BCUT2D eigenvalue weighted by Gasteiger charge is 2.29. The predicted octanol–water partition coefficient (Wildman–Crippen LogP) is 1.71. The van der Waals surface area contributed by atoms with E-state index in [2.05, 4.69) is 15.2 Å². The summed E-state index contributed by atoms with van der Waals surface area (Å²) in [5.41, 5.74) is 1.63. The van der Waals surface area contributed by atoms with Crippen LogP contribution in [0.25, 0.3) is 0 Å². The molecule has 2 unspecified atom stereocenters. The first-order valence-electron chi connectivity index (χ1n) is 8.22. The first kappa shape index (κ1) is 17.7. The Kier molecular flexibility index (Phi) is 5.57. The van der Waals surface area contributed by atoms with Gasteiger partial charge in [0.15, 0.2) is 5.78 Å². The lowest BCUT2D eigenvalue weighted by molar-refractivity contribution is 0.0350. The average Bonchev–Trinajstić information content (AvgIpc) is 3.07. The van der Waals surface area contributed by atoms with Gasteiger partial charge in [-0.15, -0.1) is 11.3 Å². The number of aliphatic hydroxyl groups excluding tert-OH is 1. The zero-order valence-electron chi connectivity index (χ0n) is 14.0. The summed E-state index contributed by atoms with van der Waals surface area (Å²) < 4.78 is 0. The van der Waals surface area contributed by atoms with Gasteiger partial charge in [-0.25, -0.2) is 0 Å². The Labute approximate surface area is 150 Å². The molecule has 1 fully saturated rings. The van der Waals surface area contributed by atoms with Gasteiger partial charge in [0.05, 0.1) is 17.0 Å². The van der Waals surface area contributed by atoms with Gasteiger partial charge in [0.1, 0.15) is 0 Å². The predicted molar refractivity (Wildman–Crippen MR) is 95.7 cm³/mol. The van der Waals surface area contributed by atoms with E-state index in [0.717, 1.165) is 17.0 Å². The number of hydrogen-bond acceptors (Lipinski definition) is 6. The van der Waals surface area contributed by atoms with Crippen LogP contribution >= 0.6 is 11.3 Å². The normalized spacial score (nSPS) is 21.0. The molecule has 25 heavy (non-hydrogen) atoms. The van der Waals surface area contributed by atoms with Crippen molar-refractivity contribution in [2.24, 2.45) is 0 Å². The fourth-order valence-corrected chi connectivity index (χ4v) is 3.77. The fraction of sp³-hybridized carbons (Fsp3) is 0.389. The third kappa shape index (κ3) is 4.50. The van der Waals surface area contributed by atoms with Gasteiger partial charge in [-0.1, -0.05) is 0 Å². The molecule has 3 heterocycles. The zero-order valence-corrected chi connectivity index (χ0v) is 14.8. The number of pyridine rings is 1. The number of likely N-dealkylation sites (tertiary alicyclic amines) is 1. The molecule has 2 aromatic heterocycles. The quantitative estimate of drug-likeness (QED) is 0.794. The van der Waals surface area contributed by atoms with Crippen molar-refractivity contribution in [1.29, 1.82) is 0 Å². The zero-order chi connectivity index (χ0) is 17.8. The summed E-state index contributed by atoms with van der Waals surface area (Å²) >= 11 is 1.45. The topological polar surface area (TPSA) is 82.5 Å². The van der Waals surface area contributed by atoms with Gasteiger partial charge in [0.2, 0.25) is 0 Å². The molecule has 1 aliphatic heterocycles. The number of carbonyl (C=O) groups is 2. The number of Topliss-reactive ketones (excluding diaryl/α,β-unsaturated/α-hetero) is 1. The minimum atomic E-state index is -0.620. The molecular formula is C18H21N3O3S. The summed E-state index contributed by atoms with van der Waals surface area (Å²) in [5.74, 6) is -0.113. The maximum absolute atomic E-state index is 12.2. The summed E-state index contributed by atoms with van der Waals surface area (Å²) in [6.45, 7) is 3.54. The maximum atomic E-state index is 12.2. The lowest BCUT2D eigenvalue weighted by Crippen LogP contribution is -2.53. The monoisotopic (exact) mass is 359 g/mol. The molecule has 1 aliphatic rings. The molecule has 7 heteroatoms. The SMILES string of the molecule is CC(=O)c1cc(CN2CCC(NC(=O)c3ccncc3)C(O)C2)cs1. The van der Waals surface area contributed by atoms with Gasteiger partial charge < -0.3 is 10.4 Å². The van der Waals surface area contributed by atoms with Crippen LogP contribution in [0.4, 0.5) is 0 Å². The van der Waals surface area contributed by atoms with Crippen molar-refractivity contribution >= 4 is 23.0 Å². The van der Waals surface area contributed by atoms with E-state index in [1.807, 2.05) is 11.4 Å². The number of nitrogens with zero attached hydrogens (tertiary/aromatic N) is 2. The van der Waals surface area contributed by atoms with E-state index in [4.69, 9.17) is 0 Å². The Balaban J connectivity index is 1.53. The van der Waals surface area contributed by atoms with E-state index in [9.17, 15) is 14.7 Å². The number of hydrogen-bond donors (Lipinski definition) is 2. The lowest BCUT2D eigenvalue weighted by atomic mass is 10.0. The summed E-state index contributed by atoms with van der Waals surface area (Å²) in [5, 5.41) is 15.3. The van der Waals surface area contributed by atoms with Crippen LogP contribution in [0, 0.1) is 0 Å². The van der Waals surface area contributed by atoms with E-state index in [0.29, 0.717) is 25.1 Å². The van der Waals surface area contributed by atoms with Gasteiger partial charge in [-0.2, -0.15) is 0 Å². The van der Waals surface area contributed by atoms with Crippen molar-refractivity contribution in [1.82, 2.24) is 15.2 Å². The summed E-state index contributed by atoms with van der Waals surface area (Å²) in [4.78, 5) is 30.4. The van der Waals surface area contributed by atoms with Crippen LogP contribution in [0.1, 0.15) is 38.9 Å². The first-order chi connectivity index (χ1) is 12.0. The third-order valence-corrected chi connectivity index (χ3v) is 5.41. The van der Waals surface area contributed by atoms with Crippen molar-refractivity contribution in [3.8, 4) is 0 Å². The number of thiophene rings is 1. The van der Waals surface area contributed by atoms with Gasteiger partial charge >= 0.3 is 0 Å². The largest absolute Gasteiger partial charge is 0.390 e. The van der Waals surface area contributed by atoms with Crippen LogP contribution < -0.4 is 5.32 Å². The molecule has 1 saturated heterocycles. The minimum absolute atomic E-state index is 0.0776. The Morgan fingerprint density at radius 1 is 1.40 bits per heavy atom. The molecule has 132 valence electrons. The Hall–Kier alpha value is -2.09. The highest BCUT2D eigenvalue weighted by molar-refractivity contribution is 7.12. The van der Waals surface area contributed by atoms with E-state index >= 15 is 0 Å². The molecule has 2 aromatic rings. The van der Waals surface area contributed by atoms with Crippen LogP contribution in [0.15, 0.2) is 36.0 Å². The van der Waals surface area contributed by atoms with E-state index in [-0.39, 0.29) is 17.7 Å². The molecular weight excluding hydrogens is 338 g/mol. The molecule has 0 spiro atoms. The molecule has 0 bridgehead atoms. The van der Waals surface area contributed by atoms with Gasteiger partial charge in [0, 0.05) is 37.6 Å². The van der Waals surface area contributed by atoms with Crippen LogP contribution in [-0.4, -0.2) is 51.9 Å². The van der Waals surface area contributed by atoms with E-state index in [1.165, 1.54) is 11.3 Å². The average molecular weight is 359 g/mol. The number of β-amino-alcohol motifs (C(OH)–C–C–N with tert-alkyl or cyclic N) is 1. The third-order valence-electron chi connectivity index (χ3n) is 4.33. The smallest absolute Gasteiger partial charge is 0.251 e. The summed E-state index contributed by atoms with van der Waals surface area (Å²) in [6.07, 6.45) is 3.21. The summed E-state index contributed by atoms with van der Waals surface area (Å²) in [7, 11) is 0. The highest BCUT2D eigenvalue weighted by atomic mass is 32.1. The van der Waals surface area contributed by atoms with Crippen molar-refractivity contribution in [3.05, 3.63) is 52.0 Å². The Bertz CT molecular complexity index is 747.